The van der Waals surface area contributed by atoms with E-state index in [1.54, 1.807) is 18.2 Å². The minimum absolute atomic E-state index is 0.108. The topological polar surface area (TPSA) is 32.3 Å². The fourth-order valence-corrected chi connectivity index (χ4v) is 3.33. The molecule has 1 N–H and O–H groups in total. The molecule has 2 fully saturated rings. The number of rotatable bonds is 6. The van der Waals surface area contributed by atoms with Gasteiger partial charge < -0.3 is 10.2 Å². The first-order valence-electron chi connectivity index (χ1n) is 8.05. The van der Waals surface area contributed by atoms with Crippen LogP contribution in [0.4, 0.5) is 4.39 Å². The number of amides is 1. The Bertz CT molecular complexity index is 541. The molecule has 0 radical (unpaired) electrons. The van der Waals surface area contributed by atoms with Crippen molar-refractivity contribution in [2.24, 2.45) is 5.92 Å². The summed E-state index contributed by atoms with van der Waals surface area (Å²) in [4.78, 5) is 14.9. The number of benzene rings is 1. The number of carbonyl (C=O) groups excluding carboxylic acids is 1. The molecule has 1 aliphatic carbocycles. The molecule has 1 aromatic rings. The van der Waals surface area contributed by atoms with E-state index < -0.39 is 6.67 Å². The highest BCUT2D eigenvalue weighted by molar-refractivity contribution is 6.31. The van der Waals surface area contributed by atoms with Gasteiger partial charge in [-0.1, -0.05) is 17.7 Å². The molecule has 22 heavy (non-hydrogen) atoms. The highest BCUT2D eigenvalue weighted by Crippen LogP contribution is 2.33. The van der Waals surface area contributed by atoms with Crippen LogP contribution in [-0.4, -0.2) is 36.5 Å². The van der Waals surface area contributed by atoms with Crippen LogP contribution in [0.2, 0.25) is 5.02 Å². The number of hydrogen-bond acceptors (Lipinski definition) is 2. The number of likely N-dealkylation sites (tertiary alicyclic amines) is 1. The fourth-order valence-electron chi connectivity index (χ4n) is 3.10. The Morgan fingerprint density at radius 3 is 2.68 bits per heavy atom. The van der Waals surface area contributed by atoms with Crippen LogP contribution in [0.3, 0.4) is 0 Å². The lowest BCUT2D eigenvalue weighted by molar-refractivity contribution is 0.0921. The Morgan fingerprint density at radius 1 is 1.36 bits per heavy atom. The van der Waals surface area contributed by atoms with E-state index in [0.717, 1.165) is 19.6 Å². The molecule has 1 amide bonds. The average molecular weight is 325 g/mol. The Labute approximate surface area is 135 Å². The molecular formula is C17H22ClFN2O. The first-order chi connectivity index (χ1) is 10.7. The summed E-state index contributed by atoms with van der Waals surface area (Å²) in [5.41, 5.74) is 0.934. The van der Waals surface area contributed by atoms with Gasteiger partial charge in [-0.15, -0.1) is 0 Å². The zero-order chi connectivity index (χ0) is 15.5. The van der Waals surface area contributed by atoms with Gasteiger partial charge in [0.15, 0.2) is 0 Å². The van der Waals surface area contributed by atoms with Crippen LogP contribution in [0.1, 0.15) is 41.6 Å². The lowest BCUT2D eigenvalue weighted by Crippen LogP contribution is -2.44. The third-order valence-electron chi connectivity index (χ3n) is 4.62. The Hall–Kier alpha value is -1.13. The van der Waals surface area contributed by atoms with Gasteiger partial charge in [0.1, 0.15) is 6.67 Å². The smallest absolute Gasteiger partial charge is 0.251 e. The van der Waals surface area contributed by atoms with Gasteiger partial charge in [-0.3, -0.25) is 4.79 Å². The van der Waals surface area contributed by atoms with Crippen LogP contribution < -0.4 is 5.32 Å². The molecule has 3 rings (SSSR count). The van der Waals surface area contributed by atoms with Crippen molar-refractivity contribution in [3.63, 3.8) is 0 Å². The largest absolute Gasteiger partial charge is 0.348 e. The first kappa shape index (κ1) is 15.8. The summed E-state index contributed by atoms with van der Waals surface area (Å²) in [6, 6.07) is 5.01. The summed E-state index contributed by atoms with van der Waals surface area (Å²) < 4.78 is 12.7. The summed E-state index contributed by atoms with van der Waals surface area (Å²) in [6.07, 6.45) is 4.90. The second kappa shape index (κ2) is 6.97. The third-order valence-corrected chi connectivity index (χ3v) is 4.97. The molecule has 1 aromatic carbocycles. The summed E-state index contributed by atoms with van der Waals surface area (Å²) in [6.45, 7) is 2.60. The van der Waals surface area contributed by atoms with Crippen molar-refractivity contribution in [1.82, 2.24) is 10.2 Å². The molecule has 0 spiro atoms. The Morgan fingerprint density at radius 2 is 2.09 bits per heavy atom. The van der Waals surface area contributed by atoms with Gasteiger partial charge in [-0.05, 0) is 56.8 Å². The van der Waals surface area contributed by atoms with E-state index in [-0.39, 0.29) is 11.9 Å². The Kier molecular flexibility index (Phi) is 4.99. The first-order valence-corrected chi connectivity index (χ1v) is 8.43. The van der Waals surface area contributed by atoms with Crippen molar-refractivity contribution >= 4 is 17.5 Å². The number of nitrogens with zero attached hydrogens (tertiary/aromatic N) is 1. The quantitative estimate of drug-likeness (QED) is 0.869. The molecule has 2 aliphatic rings. The van der Waals surface area contributed by atoms with E-state index in [4.69, 9.17) is 11.6 Å². The second-order valence-corrected chi connectivity index (χ2v) is 6.77. The zero-order valence-corrected chi connectivity index (χ0v) is 13.4. The maximum absolute atomic E-state index is 12.7. The van der Waals surface area contributed by atoms with Gasteiger partial charge in [0.05, 0.1) is 0 Å². The van der Waals surface area contributed by atoms with Crippen LogP contribution in [0, 0.1) is 5.92 Å². The average Bonchev–Trinajstić information content (AvgIpc) is 3.24. The van der Waals surface area contributed by atoms with Gasteiger partial charge in [-0.2, -0.15) is 0 Å². The van der Waals surface area contributed by atoms with E-state index in [1.807, 2.05) is 0 Å². The molecule has 1 atom stereocenters. The van der Waals surface area contributed by atoms with Crippen molar-refractivity contribution in [1.29, 1.82) is 0 Å². The number of nitrogens with one attached hydrogen (secondary N) is 1. The van der Waals surface area contributed by atoms with Gasteiger partial charge in [-0.25, -0.2) is 4.39 Å². The lowest BCUT2D eigenvalue weighted by atomic mass is 10.1. The minimum atomic E-state index is -0.611. The highest BCUT2D eigenvalue weighted by atomic mass is 35.5. The van der Waals surface area contributed by atoms with Crippen LogP contribution in [-0.2, 0) is 6.67 Å². The highest BCUT2D eigenvalue weighted by Gasteiger charge is 2.34. The normalized spacial score (nSPS) is 20.1. The molecule has 120 valence electrons. The van der Waals surface area contributed by atoms with Crippen molar-refractivity contribution in [3.05, 3.63) is 34.3 Å². The van der Waals surface area contributed by atoms with Gasteiger partial charge in [0.2, 0.25) is 0 Å². The molecule has 0 bridgehead atoms. The van der Waals surface area contributed by atoms with Gasteiger partial charge >= 0.3 is 0 Å². The standard InChI is InChI=1S/C17H22ClFN2O/c18-15-9-13(5-6-14(15)10-19)17(22)20-16(12-3-4-12)11-21-7-1-2-8-21/h5-6,9,12,16H,1-4,7-8,10-11H2,(H,20,22). The molecule has 5 heteroatoms. The number of carbonyl (C=O) groups is 1. The molecular weight excluding hydrogens is 303 g/mol. The molecule has 1 saturated carbocycles. The molecule has 1 saturated heterocycles. The van der Waals surface area contributed by atoms with E-state index in [2.05, 4.69) is 10.2 Å². The van der Waals surface area contributed by atoms with E-state index in [0.29, 0.717) is 22.1 Å². The van der Waals surface area contributed by atoms with Crippen molar-refractivity contribution in [2.45, 2.75) is 38.4 Å². The zero-order valence-electron chi connectivity index (χ0n) is 12.7. The second-order valence-electron chi connectivity index (χ2n) is 6.36. The van der Waals surface area contributed by atoms with E-state index >= 15 is 0 Å². The Balaban J connectivity index is 1.64. The van der Waals surface area contributed by atoms with E-state index in [1.165, 1.54) is 25.7 Å². The van der Waals surface area contributed by atoms with Crippen LogP contribution in [0.15, 0.2) is 18.2 Å². The summed E-state index contributed by atoms with van der Waals surface area (Å²) >= 11 is 5.99. The van der Waals surface area contributed by atoms with Crippen LogP contribution >= 0.6 is 11.6 Å². The predicted molar refractivity (Wildman–Crippen MR) is 85.9 cm³/mol. The summed E-state index contributed by atoms with van der Waals surface area (Å²) in [5, 5.41) is 3.47. The minimum Gasteiger partial charge on any atom is -0.348 e. The molecule has 1 aliphatic heterocycles. The molecule has 1 heterocycles. The van der Waals surface area contributed by atoms with Crippen molar-refractivity contribution < 1.29 is 9.18 Å². The van der Waals surface area contributed by atoms with E-state index in [9.17, 15) is 9.18 Å². The number of hydrogen-bond donors (Lipinski definition) is 1. The van der Waals surface area contributed by atoms with Crippen molar-refractivity contribution in [3.8, 4) is 0 Å². The van der Waals surface area contributed by atoms with Crippen LogP contribution in [0.5, 0.6) is 0 Å². The van der Waals surface area contributed by atoms with Gasteiger partial charge in [0.25, 0.3) is 5.91 Å². The third kappa shape index (κ3) is 3.79. The SMILES string of the molecule is O=C(NC(CN1CCCC1)C1CC1)c1ccc(CF)c(Cl)c1. The maximum Gasteiger partial charge on any atom is 0.251 e. The summed E-state index contributed by atoms with van der Waals surface area (Å²) in [7, 11) is 0. The van der Waals surface area contributed by atoms with Gasteiger partial charge in [0, 0.05) is 28.7 Å². The van der Waals surface area contributed by atoms with Crippen molar-refractivity contribution in [2.75, 3.05) is 19.6 Å². The maximum atomic E-state index is 12.7. The fraction of sp³-hybridized carbons (Fsp3) is 0.588. The molecule has 3 nitrogen and oxygen atoms in total. The predicted octanol–water partition coefficient (Wildman–Crippen LogP) is 3.41. The lowest BCUT2D eigenvalue weighted by Gasteiger charge is -2.24. The van der Waals surface area contributed by atoms with Crippen LogP contribution in [0.25, 0.3) is 0 Å². The summed E-state index contributed by atoms with van der Waals surface area (Å²) in [5.74, 6) is 0.494. The molecule has 0 aromatic heterocycles. The monoisotopic (exact) mass is 324 g/mol. The molecule has 1 unspecified atom stereocenters. The number of halogens is 2. The number of alkyl halides is 1.